The topological polar surface area (TPSA) is 387 Å². The number of aliphatic carboxylic acids is 2. The van der Waals surface area contributed by atoms with E-state index in [1.807, 2.05) is 0 Å². The molecule has 0 amide bonds. The van der Waals surface area contributed by atoms with Gasteiger partial charge >= 0.3 is 113 Å². The smallest absolute Gasteiger partial charge is 0.652 e. The zero-order valence-electron chi connectivity index (χ0n) is 19.0. The fourth-order valence-corrected chi connectivity index (χ4v) is 1.27. The number of hydrogen-bond donors (Lipinski definition) is 6. The molecule has 0 aliphatic carbocycles. The molecule has 188 valence electrons. The molecule has 35 heavy (non-hydrogen) atoms. The Morgan fingerprint density at radius 3 is 0.914 bits per heavy atom. The minimum atomic E-state index is -2.33. The van der Waals surface area contributed by atoms with E-state index < -0.39 is 36.3 Å². The molecule has 2 atom stereocenters. The number of hydrogen-bond acceptors (Lipinski definition) is 14. The summed E-state index contributed by atoms with van der Waals surface area (Å²) in [6, 6.07) is -1.86. The standard InChI is InChI=1S/2C6H14N4O2.2CH2O3.3Ca/c2*7-4(5(11)12)2-1-3-10-6(8)9;2*2-1(3)4;;;/h2*4H,1-3,7H2,(H,11,12)(H4,8,9,10);2*(H2,2,3,4);;;/q;;;;3*+2/p-6/t2*4-;;;;;/m00...../s1. The van der Waals surface area contributed by atoms with E-state index >= 15 is 0 Å². The minimum absolute atomic E-state index is 0. The molecule has 0 saturated carbocycles. The molecular formula is C14H26Ca3N8O10. The van der Waals surface area contributed by atoms with Gasteiger partial charge in [0, 0.05) is 25.2 Å². The van der Waals surface area contributed by atoms with Crippen LogP contribution in [0, 0.1) is 0 Å². The van der Waals surface area contributed by atoms with E-state index in [1.165, 1.54) is 0 Å². The molecule has 0 aromatic rings. The molecule has 21 heteroatoms. The molecule has 0 radical (unpaired) electrons. The van der Waals surface area contributed by atoms with E-state index in [4.69, 9.17) is 64.4 Å². The third-order valence-electron chi connectivity index (χ3n) is 2.54. The molecule has 0 aliphatic heterocycles. The van der Waals surface area contributed by atoms with Gasteiger partial charge in [0.2, 0.25) is 0 Å². The van der Waals surface area contributed by atoms with Gasteiger partial charge in [-0.05, 0) is 38.0 Å². The molecule has 0 saturated heterocycles. The molecule has 0 spiro atoms. The first-order valence-electron chi connectivity index (χ1n) is 8.34. The van der Waals surface area contributed by atoms with Crippen LogP contribution in [0.1, 0.15) is 25.7 Å². The van der Waals surface area contributed by atoms with Crippen molar-refractivity contribution in [2.45, 2.75) is 37.8 Å². The number of nitrogens with two attached hydrogens (primary N) is 6. The van der Waals surface area contributed by atoms with E-state index in [2.05, 4.69) is 9.98 Å². The van der Waals surface area contributed by atoms with Crippen LogP contribution in [-0.4, -0.2) is 175 Å². The SMILES string of the molecule is NC(N)=NCCC[C@H](N)C(=O)[O-].NC(N)=NCCC[C@H](N)C(=O)[O-].O=C([O-])[O-].O=C([O-])[O-].[Ca+2].[Ca+2].[Ca+2]. The Labute approximate surface area is 290 Å². The van der Waals surface area contributed by atoms with E-state index in [0.717, 1.165) is 0 Å². The van der Waals surface area contributed by atoms with Gasteiger partial charge in [-0.3, -0.25) is 9.98 Å². The molecule has 0 aliphatic rings. The van der Waals surface area contributed by atoms with E-state index in [-0.39, 0.29) is 125 Å². The number of carbonyl (C=O) groups excluding carboxylic acids is 4. The summed E-state index contributed by atoms with van der Waals surface area (Å²) in [6.07, 6.45) is -2.96. The van der Waals surface area contributed by atoms with Crippen molar-refractivity contribution in [2.75, 3.05) is 13.1 Å². The largest absolute Gasteiger partial charge is 2.00 e. The van der Waals surface area contributed by atoms with Crippen LogP contribution in [-0.2, 0) is 9.59 Å². The number of nitrogens with zero attached hydrogens (tertiary/aromatic N) is 2. The number of carbonyl (C=O) groups is 4. The Hall–Kier alpha value is -0.281. The first kappa shape index (κ1) is 51.4. The zero-order valence-corrected chi connectivity index (χ0v) is 25.6. The molecular weight excluding hydrogens is 560 g/mol. The predicted molar refractivity (Wildman–Crippen MR) is 114 cm³/mol. The molecule has 0 bridgehead atoms. The number of guanidine groups is 2. The number of aliphatic imine (C=N–C) groups is 2. The number of rotatable bonds is 10. The van der Waals surface area contributed by atoms with Gasteiger partial charge < -0.3 is 84.2 Å². The van der Waals surface area contributed by atoms with E-state index in [1.54, 1.807) is 0 Å². The van der Waals surface area contributed by atoms with Gasteiger partial charge in [0.25, 0.3) is 0 Å². The Morgan fingerprint density at radius 2 is 0.771 bits per heavy atom. The molecule has 0 unspecified atom stereocenters. The molecule has 0 heterocycles. The van der Waals surface area contributed by atoms with Gasteiger partial charge in [-0.15, -0.1) is 0 Å². The van der Waals surface area contributed by atoms with Crippen LogP contribution >= 0.6 is 0 Å². The van der Waals surface area contributed by atoms with Gasteiger partial charge in [-0.25, -0.2) is 0 Å². The van der Waals surface area contributed by atoms with Crippen LogP contribution in [0.15, 0.2) is 9.98 Å². The molecule has 0 aromatic carbocycles. The molecule has 12 N–H and O–H groups in total. The fourth-order valence-electron chi connectivity index (χ4n) is 1.27. The van der Waals surface area contributed by atoms with Gasteiger partial charge in [0.1, 0.15) is 0 Å². The van der Waals surface area contributed by atoms with Crippen molar-refractivity contribution < 1.29 is 49.8 Å². The Morgan fingerprint density at radius 1 is 0.571 bits per heavy atom. The van der Waals surface area contributed by atoms with Gasteiger partial charge in [-0.2, -0.15) is 0 Å². The van der Waals surface area contributed by atoms with E-state index in [0.29, 0.717) is 38.8 Å². The van der Waals surface area contributed by atoms with Crippen LogP contribution in [0.4, 0.5) is 9.59 Å². The Kier molecular flexibility index (Phi) is 52.7. The second-order valence-corrected chi connectivity index (χ2v) is 5.25. The van der Waals surface area contributed by atoms with Crippen LogP contribution in [0.2, 0.25) is 0 Å². The summed E-state index contributed by atoms with van der Waals surface area (Å²) in [5, 5.41) is 53.5. The van der Waals surface area contributed by atoms with Gasteiger partial charge in [-0.1, -0.05) is 0 Å². The van der Waals surface area contributed by atoms with Crippen molar-refractivity contribution in [1.82, 2.24) is 0 Å². The average Bonchev–Trinajstić information content (AvgIpc) is 2.61. The van der Waals surface area contributed by atoms with Crippen LogP contribution in [0.3, 0.4) is 0 Å². The maximum Gasteiger partial charge on any atom is 2.00 e. The monoisotopic (exact) mass is 586 g/mol. The maximum absolute atomic E-state index is 10.1. The number of carboxylic acid groups (broad SMARTS) is 6. The summed E-state index contributed by atoms with van der Waals surface area (Å²) >= 11 is 0. The third kappa shape index (κ3) is 71.9. The normalized spacial score (nSPS) is 9.66. The summed E-state index contributed by atoms with van der Waals surface area (Å²) in [6.45, 7) is 0.784. The molecule has 18 nitrogen and oxygen atoms in total. The van der Waals surface area contributed by atoms with Gasteiger partial charge in [0.15, 0.2) is 11.9 Å². The van der Waals surface area contributed by atoms with Crippen LogP contribution in [0.25, 0.3) is 0 Å². The summed E-state index contributed by atoms with van der Waals surface area (Å²) < 4.78 is 0. The Balaban J connectivity index is -0.0000000644. The average molecular weight is 587 g/mol. The maximum atomic E-state index is 10.1. The van der Waals surface area contributed by atoms with Crippen LogP contribution in [0.5, 0.6) is 0 Å². The predicted octanol–water partition coefficient (Wildman–Crippen LogP) is -11.8. The van der Waals surface area contributed by atoms with Crippen LogP contribution < -0.4 is 65.0 Å². The molecule has 0 fully saturated rings. The molecule has 0 aromatic heterocycles. The summed E-state index contributed by atoms with van der Waals surface area (Å²) in [7, 11) is 0. The summed E-state index contributed by atoms with van der Waals surface area (Å²) in [4.78, 5) is 44.2. The second kappa shape index (κ2) is 35.9. The van der Waals surface area contributed by atoms with Crippen molar-refractivity contribution in [1.29, 1.82) is 0 Å². The van der Waals surface area contributed by atoms with Crippen molar-refractivity contribution in [3.63, 3.8) is 0 Å². The fraction of sp³-hybridized carbons (Fsp3) is 0.571. The second-order valence-electron chi connectivity index (χ2n) is 5.25. The van der Waals surface area contributed by atoms with Gasteiger partial charge in [0.05, 0.1) is 11.9 Å². The zero-order chi connectivity index (χ0) is 26.3. The van der Waals surface area contributed by atoms with Crippen molar-refractivity contribution in [3.05, 3.63) is 0 Å². The summed E-state index contributed by atoms with van der Waals surface area (Å²) in [5.74, 6) is -2.51. The minimum Gasteiger partial charge on any atom is -0.652 e. The third-order valence-corrected chi connectivity index (χ3v) is 2.54. The van der Waals surface area contributed by atoms with Crippen molar-refractivity contribution >= 4 is 149 Å². The Bertz CT molecular complexity index is 561. The van der Waals surface area contributed by atoms with Crippen molar-refractivity contribution in [3.8, 4) is 0 Å². The summed E-state index contributed by atoms with van der Waals surface area (Å²) in [5.41, 5.74) is 30.5. The quantitative estimate of drug-likeness (QED) is 0.0598. The van der Waals surface area contributed by atoms with Crippen molar-refractivity contribution in [2.24, 2.45) is 44.4 Å². The first-order chi connectivity index (χ1) is 14.5. The van der Waals surface area contributed by atoms with E-state index in [9.17, 15) is 19.8 Å². The first-order valence-corrected chi connectivity index (χ1v) is 8.34. The molecule has 0 rings (SSSR count). The number of carboxylic acids is 2.